The van der Waals surface area contributed by atoms with Crippen molar-refractivity contribution in [1.29, 1.82) is 0 Å². The van der Waals surface area contributed by atoms with Gasteiger partial charge in [-0.05, 0) is 32.4 Å². The molecule has 0 radical (unpaired) electrons. The smallest absolute Gasteiger partial charge is 0.191 e. The molecule has 1 aliphatic rings. The number of nitrogens with zero attached hydrogens (tertiary/aromatic N) is 2. The van der Waals surface area contributed by atoms with E-state index in [1.54, 1.807) is 11.3 Å². The van der Waals surface area contributed by atoms with E-state index < -0.39 is 0 Å². The van der Waals surface area contributed by atoms with E-state index >= 15 is 0 Å². The van der Waals surface area contributed by atoms with Gasteiger partial charge in [-0.25, -0.2) is 9.98 Å². The number of ether oxygens (including phenoxy) is 1. The summed E-state index contributed by atoms with van der Waals surface area (Å²) in [6.45, 7) is 8.37. The van der Waals surface area contributed by atoms with Crippen LogP contribution in [0.25, 0.3) is 0 Å². The van der Waals surface area contributed by atoms with E-state index in [4.69, 9.17) is 4.74 Å². The van der Waals surface area contributed by atoms with Gasteiger partial charge in [-0.3, -0.25) is 0 Å². The summed E-state index contributed by atoms with van der Waals surface area (Å²) in [5.41, 5.74) is 0. The average molecular weight is 357 g/mol. The lowest BCUT2D eigenvalue weighted by atomic mass is 9.99. The fourth-order valence-corrected chi connectivity index (χ4v) is 4.09. The molecule has 0 atom stereocenters. The van der Waals surface area contributed by atoms with Crippen LogP contribution in [0.5, 0.6) is 0 Å². The van der Waals surface area contributed by atoms with Crippen LogP contribution in [0, 0.1) is 0 Å². The highest BCUT2D eigenvalue weighted by Gasteiger charge is 2.31. The fraction of sp³-hybridized carbons (Fsp3) is 0.750. The van der Waals surface area contributed by atoms with Crippen LogP contribution in [-0.2, 0) is 17.7 Å². The lowest BCUT2D eigenvalue weighted by Crippen LogP contribution is -2.47. The van der Waals surface area contributed by atoms with Crippen LogP contribution in [0.4, 0.5) is 0 Å². The van der Waals surface area contributed by atoms with Gasteiger partial charge in [0.2, 0.25) is 0 Å². The molecule has 0 bridgehead atoms. The normalized spacial score (nSPS) is 18.0. The Labute approximate surface area is 147 Å². The van der Waals surface area contributed by atoms with Crippen molar-refractivity contribution in [2.24, 2.45) is 4.99 Å². The maximum Gasteiger partial charge on any atom is 0.191 e. The first kappa shape index (κ1) is 18.5. The quantitative estimate of drug-likeness (QED) is 0.581. The van der Waals surface area contributed by atoms with Gasteiger partial charge in [-0.1, -0.05) is 6.92 Å². The highest BCUT2D eigenvalue weighted by molar-refractivity contribution is 8.00. The minimum absolute atomic E-state index is 0.255. The molecular formula is C16H28N4OS2. The lowest BCUT2D eigenvalue weighted by Gasteiger charge is -2.36. The number of aryl methyl sites for hydroxylation is 1. The molecule has 1 aromatic heterocycles. The van der Waals surface area contributed by atoms with Crippen molar-refractivity contribution in [2.75, 3.05) is 32.6 Å². The van der Waals surface area contributed by atoms with Gasteiger partial charge in [0.15, 0.2) is 5.96 Å². The van der Waals surface area contributed by atoms with Crippen LogP contribution in [-0.4, -0.2) is 48.2 Å². The number of guanidine groups is 1. The van der Waals surface area contributed by atoms with Crippen LogP contribution >= 0.6 is 23.1 Å². The zero-order chi connectivity index (χ0) is 16.5. The molecule has 130 valence electrons. The van der Waals surface area contributed by atoms with E-state index in [9.17, 15) is 0 Å². The molecule has 7 heteroatoms. The van der Waals surface area contributed by atoms with Gasteiger partial charge >= 0.3 is 0 Å². The van der Waals surface area contributed by atoms with Gasteiger partial charge in [0.25, 0.3) is 0 Å². The second-order valence-electron chi connectivity index (χ2n) is 5.62. The molecule has 2 heterocycles. The van der Waals surface area contributed by atoms with Crippen LogP contribution < -0.4 is 10.6 Å². The zero-order valence-electron chi connectivity index (χ0n) is 14.4. The van der Waals surface area contributed by atoms with Crippen molar-refractivity contribution >= 4 is 29.1 Å². The third kappa shape index (κ3) is 5.65. The van der Waals surface area contributed by atoms with Gasteiger partial charge in [0.05, 0.1) is 6.54 Å². The molecule has 1 saturated heterocycles. The Balaban J connectivity index is 1.92. The van der Waals surface area contributed by atoms with Crippen molar-refractivity contribution in [3.63, 3.8) is 0 Å². The number of aliphatic imine (C=N–C) groups is 1. The maximum absolute atomic E-state index is 5.51. The SMILES string of the molecule is CCNC(=NCc1ncc(CC)s1)NCC1(SC)CCOCC1. The predicted molar refractivity (Wildman–Crippen MR) is 101 cm³/mol. The summed E-state index contributed by atoms with van der Waals surface area (Å²) < 4.78 is 5.76. The minimum Gasteiger partial charge on any atom is -0.381 e. The van der Waals surface area contributed by atoms with E-state index in [1.165, 1.54) is 4.88 Å². The summed E-state index contributed by atoms with van der Waals surface area (Å²) in [6.07, 6.45) is 7.37. The van der Waals surface area contributed by atoms with Crippen LogP contribution in [0.15, 0.2) is 11.2 Å². The Hall–Kier alpha value is -0.790. The molecule has 5 nitrogen and oxygen atoms in total. The predicted octanol–water partition coefficient (Wildman–Crippen LogP) is 2.67. The summed E-state index contributed by atoms with van der Waals surface area (Å²) in [5, 5.41) is 7.92. The van der Waals surface area contributed by atoms with Gasteiger partial charge in [0, 0.05) is 42.1 Å². The Morgan fingerprint density at radius 2 is 2.17 bits per heavy atom. The zero-order valence-corrected chi connectivity index (χ0v) is 16.0. The van der Waals surface area contributed by atoms with E-state index in [2.05, 4.69) is 40.7 Å². The number of aromatic nitrogens is 1. The summed E-state index contributed by atoms with van der Waals surface area (Å²) in [7, 11) is 0. The molecule has 0 aliphatic carbocycles. The number of thiazole rings is 1. The molecule has 0 saturated carbocycles. The first-order chi connectivity index (χ1) is 11.2. The molecule has 0 spiro atoms. The van der Waals surface area contributed by atoms with Crippen LogP contribution in [0.3, 0.4) is 0 Å². The highest BCUT2D eigenvalue weighted by Crippen LogP contribution is 2.32. The Morgan fingerprint density at radius 1 is 1.39 bits per heavy atom. The second-order valence-corrected chi connectivity index (χ2v) is 8.10. The van der Waals surface area contributed by atoms with Crippen LogP contribution in [0.1, 0.15) is 36.6 Å². The molecule has 1 fully saturated rings. The first-order valence-electron chi connectivity index (χ1n) is 8.30. The van der Waals surface area contributed by atoms with E-state index in [-0.39, 0.29) is 4.75 Å². The molecule has 2 rings (SSSR count). The Bertz CT molecular complexity index is 498. The lowest BCUT2D eigenvalue weighted by molar-refractivity contribution is 0.0783. The number of thioether (sulfide) groups is 1. The van der Waals surface area contributed by atoms with Crippen LogP contribution in [0.2, 0.25) is 0 Å². The van der Waals surface area contributed by atoms with E-state index in [1.807, 2.05) is 18.0 Å². The van der Waals surface area contributed by atoms with E-state index in [0.29, 0.717) is 6.54 Å². The summed E-state index contributed by atoms with van der Waals surface area (Å²) in [5.74, 6) is 0.876. The fourth-order valence-electron chi connectivity index (χ4n) is 2.51. The third-order valence-corrected chi connectivity index (χ3v) is 6.63. The first-order valence-corrected chi connectivity index (χ1v) is 10.3. The molecule has 1 aromatic rings. The van der Waals surface area contributed by atoms with Crippen molar-refractivity contribution in [3.8, 4) is 0 Å². The summed E-state index contributed by atoms with van der Waals surface area (Å²) in [4.78, 5) is 10.4. The molecule has 0 unspecified atom stereocenters. The van der Waals surface area contributed by atoms with E-state index in [0.717, 1.165) is 56.5 Å². The van der Waals surface area contributed by atoms with Gasteiger partial charge in [0.1, 0.15) is 5.01 Å². The van der Waals surface area contributed by atoms with Gasteiger partial charge < -0.3 is 15.4 Å². The van der Waals surface area contributed by atoms with Crippen molar-refractivity contribution in [3.05, 3.63) is 16.1 Å². The van der Waals surface area contributed by atoms with Gasteiger partial charge in [-0.15, -0.1) is 11.3 Å². The monoisotopic (exact) mass is 356 g/mol. The topological polar surface area (TPSA) is 58.5 Å². The molecule has 23 heavy (non-hydrogen) atoms. The highest BCUT2D eigenvalue weighted by atomic mass is 32.2. The standard InChI is InChI=1S/C16H28N4OS2/c1-4-13-10-18-14(23-13)11-19-15(17-5-2)20-12-16(22-3)6-8-21-9-7-16/h10H,4-9,11-12H2,1-3H3,(H2,17,19,20). The number of hydrogen-bond acceptors (Lipinski definition) is 5. The number of rotatable bonds is 7. The van der Waals surface area contributed by atoms with Crippen molar-refractivity contribution in [1.82, 2.24) is 15.6 Å². The number of nitrogens with one attached hydrogen (secondary N) is 2. The molecular weight excluding hydrogens is 328 g/mol. The maximum atomic E-state index is 5.51. The Morgan fingerprint density at radius 3 is 2.78 bits per heavy atom. The molecule has 0 amide bonds. The summed E-state index contributed by atoms with van der Waals surface area (Å²) >= 11 is 3.69. The summed E-state index contributed by atoms with van der Waals surface area (Å²) in [6, 6.07) is 0. The van der Waals surface area contributed by atoms with Gasteiger partial charge in [-0.2, -0.15) is 11.8 Å². The van der Waals surface area contributed by atoms with Crippen molar-refractivity contribution < 1.29 is 4.74 Å². The third-order valence-electron chi connectivity index (χ3n) is 4.08. The minimum atomic E-state index is 0.255. The molecule has 0 aromatic carbocycles. The second kappa shape index (κ2) is 9.49. The average Bonchev–Trinajstić information content (AvgIpc) is 3.06. The molecule has 1 aliphatic heterocycles. The van der Waals surface area contributed by atoms with Crippen molar-refractivity contribution in [2.45, 2.75) is 44.4 Å². The largest absolute Gasteiger partial charge is 0.381 e. The Kier molecular flexibility index (Phi) is 7.65. The number of hydrogen-bond donors (Lipinski definition) is 2. The molecule has 2 N–H and O–H groups in total.